The molecule has 3 aliphatic heterocycles. The van der Waals surface area contributed by atoms with Gasteiger partial charge in [0.15, 0.2) is 11.5 Å². The molecule has 7 nitrogen and oxygen atoms in total. The topological polar surface area (TPSA) is 76.2 Å². The predicted molar refractivity (Wildman–Crippen MR) is 133 cm³/mol. The third-order valence-electron chi connectivity index (χ3n) is 7.23. The fraction of sp³-hybridized carbons (Fsp3) is 0.519. The first-order valence-electron chi connectivity index (χ1n) is 12.8. The number of hydrogen-bond acceptors (Lipinski definition) is 5. The zero-order valence-electron chi connectivity index (χ0n) is 20.2. The van der Waals surface area contributed by atoms with E-state index in [1.54, 1.807) is 16.4 Å². The van der Waals surface area contributed by atoms with Crippen LogP contribution in [0.15, 0.2) is 47.4 Å². The van der Waals surface area contributed by atoms with Crippen molar-refractivity contribution in [2.24, 2.45) is 0 Å². The van der Waals surface area contributed by atoms with E-state index < -0.39 is 10.0 Å². The van der Waals surface area contributed by atoms with E-state index in [0.717, 1.165) is 67.7 Å². The summed E-state index contributed by atoms with van der Waals surface area (Å²) in [7, 11) is -3.43. The second kappa shape index (κ2) is 10.6. The summed E-state index contributed by atoms with van der Waals surface area (Å²) >= 11 is 0. The van der Waals surface area contributed by atoms with Crippen molar-refractivity contribution in [3.8, 4) is 11.5 Å². The Bertz CT molecular complexity index is 1140. The molecule has 5 rings (SSSR count). The largest absolute Gasteiger partial charge is 0.490 e. The normalized spacial score (nSPS) is 21.0. The summed E-state index contributed by atoms with van der Waals surface area (Å²) in [6.45, 7) is 3.25. The first-order chi connectivity index (χ1) is 17.0. The molecule has 2 aromatic carbocycles. The van der Waals surface area contributed by atoms with Crippen molar-refractivity contribution in [2.45, 2.75) is 62.3 Å². The molecule has 188 valence electrons. The summed E-state index contributed by atoms with van der Waals surface area (Å²) in [5.41, 5.74) is 2.06. The third kappa shape index (κ3) is 5.33. The van der Waals surface area contributed by atoms with Crippen LogP contribution in [0.25, 0.3) is 0 Å². The van der Waals surface area contributed by atoms with E-state index in [1.807, 2.05) is 35.2 Å². The highest BCUT2D eigenvalue weighted by molar-refractivity contribution is 7.89. The van der Waals surface area contributed by atoms with Crippen LogP contribution >= 0.6 is 0 Å². The number of benzene rings is 2. The van der Waals surface area contributed by atoms with E-state index in [9.17, 15) is 13.2 Å². The van der Waals surface area contributed by atoms with E-state index >= 15 is 0 Å². The van der Waals surface area contributed by atoms with Crippen molar-refractivity contribution in [3.63, 3.8) is 0 Å². The Morgan fingerprint density at radius 3 is 2.37 bits per heavy atom. The molecule has 0 N–H and O–H groups in total. The van der Waals surface area contributed by atoms with Gasteiger partial charge in [0.25, 0.3) is 0 Å². The summed E-state index contributed by atoms with van der Waals surface area (Å²) in [5.74, 6) is 1.66. The van der Waals surface area contributed by atoms with Gasteiger partial charge in [0.1, 0.15) is 0 Å². The van der Waals surface area contributed by atoms with Crippen LogP contribution < -0.4 is 9.47 Å². The van der Waals surface area contributed by atoms with Crippen molar-refractivity contribution >= 4 is 15.9 Å². The van der Waals surface area contributed by atoms with Crippen LogP contribution in [0, 0.1) is 0 Å². The average Bonchev–Trinajstić information content (AvgIpc) is 3.27. The van der Waals surface area contributed by atoms with Crippen LogP contribution in [-0.2, 0) is 21.2 Å². The molecule has 0 saturated carbocycles. The highest BCUT2D eigenvalue weighted by Crippen LogP contribution is 2.38. The fourth-order valence-electron chi connectivity index (χ4n) is 5.28. The molecule has 0 aliphatic carbocycles. The minimum atomic E-state index is -3.43. The number of hydrogen-bond donors (Lipinski definition) is 0. The van der Waals surface area contributed by atoms with Crippen molar-refractivity contribution in [1.29, 1.82) is 0 Å². The molecular formula is C27H34N2O5S. The molecule has 35 heavy (non-hydrogen) atoms. The summed E-state index contributed by atoms with van der Waals surface area (Å²) < 4.78 is 38.9. The molecule has 1 atom stereocenters. The molecule has 2 fully saturated rings. The van der Waals surface area contributed by atoms with E-state index in [2.05, 4.69) is 0 Å². The summed E-state index contributed by atoms with van der Waals surface area (Å²) in [4.78, 5) is 15.5. The molecule has 0 bridgehead atoms. The van der Waals surface area contributed by atoms with Gasteiger partial charge in [0.2, 0.25) is 15.9 Å². The SMILES string of the molecule is O=C(CCc1ccc(S(=O)(=O)N2CCCCC2)cc1)N1CCC[C@H]1c1ccc2c(c1)OCCCO2. The molecule has 1 amide bonds. The maximum Gasteiger partial charge on any atom is 0.243 e. The number of sulfonamides is 1. The Hall–Kier alpha value is -2.58. The molecule has 8 heteroatoms. The zero-order chi connectivity index (χ0) is 24.3. The number of nitrogens with zero attached hydrogens (tertiary/aromatic N) is 2. The van der Waals surface area contributed by atoms with Crippen molar-refractivity contribution in [2.75, 3.05) is 32.8 Å². The van der Waals surface area contributed by atoms with Crippen molar-refractivity contribution in [3.05, 3.63) is 53.6 Å². The lowest BCUT2D eigenvalue weighted by molar-refractivity contribution is -0.132. The van der Waals surface area contributed by atoms with Crippen LogP contribution in [-0.4, -0.2) is 56.4 Å². The number of carbonyl (C=O) groups excluding carboxylic acids is 1. The smallest absolute Gasteiger partial charge is 0.243 e. The number of amides is 1. The first-order valence-corrected chi connectivity index (χ1v) is 14.2. The number of likely N-dealkylation sites (tertiary alicyclic amines) is 1. The van der Waals surface area contributed by atoms with Gasteiger partial charge in [0.05, 0.1) is 24.2 Å². The van der Waals surface area contributed by atoms with Gasteiger partial charge in [-0.2, -0.15) is 4.31 Å². The van der Waals surface area contributed by atoms with Gasteiger partial charge >= 0.3 is 0 Å². The molecule has 0 unspecified atom stereocenters. The standard InChI is InChI=1S/C27H34N2O5S/c30-27(14-9-21-7-11-23(12-8-21)35(31,32)28-15-2-1-3-16-28)29-17-4-6-24(29)22-10-13-25-26(20-22)34-19-5-18-33-25/h7-8,10-13,20,24H,1-6,9,14-19H2/t24-/m0/s1. The lowest BCUT2D eigenvalue weighted by atomic mass is 10.0. The summed E-state index contributed by atoms with van der Waals surface area (Å²) in [6.07, 6.45) is 6.70. The van der Waals surface area contributed by atoms with Gasteiger partial charge in [-0.25, -0.2) is 8.42 Å². The molecule has 0 aromatic heterocycles. The quantitative estimate of drug-likeness (QED) is 0.593. The fourth-order valence-corrected chi connectivity index (χ4v) is 6.79. The lowest BCUT2D eigenvalue weighted by Crippen LogP contribution is -2.35. The number of aryl methyl sites for hydroxylation is 1. The molecule has 3 aliphatic rings. The van der Waals surface area contributed by atoms with Gasteiger partial charge in [0, 0.05) is 32.5 Å². The second-order valence-corrected chi connectivity index (χ2v) is 11.5. The second-order valence-electron chi connectivity index (χ2n) is 9.61. The average molecular weight is 499 g/mol. The highest BCUT2D eigenvalue weighted by Gasteiger charge is 2.31. The van der Waals surface area contributed by atoms with Gasteiger partial charge in [-0.3, -0.25) is 4.79 Å². The Morgan fingerprint density at radius 1 is 0.857 bits per heavy atom. The number of fused-ring (bicyclic) bond motifs is 1. The molecule has 0 radical (unpaired) electrons. The molecule has 3 heterocycles. The third-order valence-corrected chi connectivity index (χ3v) is 9.15. The Morgan fingerprint density at radius 2 is 1.60 bits per heavy atom. The van der Waals surface area contributed by atoms with Crippen LogP contribution in [0.1, 0.15) is 62.1 Å². The van der Waals surface area contributed by atoms with Crippen molar-refractivity contribution in [1.82, 2.24) is 9.21 Å². The Balaban J connectivity index is 1.21. The minimum absolute atomic E-state index is 0.0525. The lowest BCUT2D eigenvalue weighted by Gasteiger charge is -2.26. The van der Waals surface area contributed by atoms with Crippen LogP contribution in [0.5, 0.6) is 11.5 Å². The van der Waals surface area contributed by atoms with E-state index in [4.69, 9.17) is 9.47 Å². The van der Waals surface area contributed by atoms with Crippen LogP contribution in [0.4, 0.5) is 0 Å². The van der Waals surface area contributed by atoms with E-state index in [1.165, 1.54) is 0 Å². The Labute approximate surface area is 208 Å². The number of rotatable bonds is 6. The monoisotopic (exact) mass is 498 g/mol. The van der Waals surface area contributed by atoms with Gasteiger partial charge < -0.3 is 14.4 Å². The van der Waals surface area contributed by atoms with Gasteiger partial charge in [-0.05, 0) is 67.5 Å². The van der Waals surface area contributed by atoms with Gasteiger partial charge in [-0.1, -0.05) is 24.6 Å². The van der Waals surface area contributed by atoms with E-state index in [-0.39, 0.29) is 11.9 Å². The molecule has 2 saturated heterocycles. The first kappa shape index (κ1) is 24.1. The van der Waals surface area contributed by atoms with Crippen LogP contribution in [0.2, 0.25) is 0 Å². The zero-order valence-corrected chi connectivity index (χ0v) is 21.0. The highest BCUT2D eigenvalue weighted by atomic mass is 32.2. The number of piperidine rings is 1. The predicted octanol–water partition coefficient (Wildman–Crippen LogP) is 4.32. The molecule has 2 aromatic rings. The maximum absolute atomic E-state index is 13.1. The Kier molecular flexibility index (Phi) is 7.29. The minimum Gasteiger partial charge on any atom is -0.490 e. The van der Waals surface area contributed by atoms with E-state index in [0.29, 0.717) is 44.0 Å². The summed E-state index contributed by atoms with van der Waals surface area (Å²) in [5, 5.41) is 0. The molecule has 0 spiro atoms. The van der Waals surface area contributed by atoms with Crippen LogP contribution in [0.3, 0.4) is 0 Å². The summed E-state index contributed by atoms with van der Waals surface area (Å²) in [6, 6.07) is 13.1. The number of carbonyl (C=O) groups is 1. The van der Waals surface area contributed by atoms with Gasteiger partial charge in [-0.15, -0.1) is 0 Å². The number of ether oxygens (including phenoxy) is 2. The van der Waals surface area contributed by atoms with Crippen molar-refractivity contribution < 1.29 is 22.7 Å². The maximum atomic E-state index is 13.1. The molecular weight excluding hydrogens is 464 g/mol.